The number of rotatable bonds is 9. The Balaban J connectivity index is 1.49. The third-order valence-corrected chi connectivity index (χ3v) is 5.39. The zero-order chi connectivity index (χ0) is 24.2. The van der Waals surface area contributed by atoms with Crippen LogP contribution >= 0.6 is 0 Å². The number of ether oxygens (including phenoxy) is 1. The van der Waals surface area contributed by atoms with E-state index in [1.165, 1.54) is 0 Å². The molecule has 0 fully saturated rings. The standard InChI is InChI=1S/C25H24N6O4/c1-26-24-17-13-27-22(30-21-5-4-6-23(31-21)34-10-3-2-9-32)12-16(17)18(14-28-24)25-29-19-11-15(33)7-8-20(19)35-25/h4-8,11-14,32-33H,2-3,9-10H2,1H3,(H,26,28)(H,27,30,31). The number of phenols is 1. The Kier molecular flexibility index (Phi) is 6.27. The van der Waals surface area contributed by atoms with Gasteiger partial charge in [-0.1, -0.05) is 6.07 Å². The number of aromatic hydroxyl groups is 1. The predicted molar refractivity (Wildman–Crippen MR) is 133 cm³/mol. The van der Waals surface area contributed by atoms with Crippen molar-refractivity contribution in [1.82, 2.24) is 19.9 Å². The molecule has 0 saturated heterocycles. The number of anilines is 3. The molecule has 4 aromatic heterocycles. The van der Waals surface area contributed by atoms with Gasteiger partial charge < -0.3 is 30.0 Å². The first-order chi connectivity index (χ1) is 17.1. The van der Waals surface area contributed by atoms with E-state index in [2.05, 4.69) is 30.6 Å². The van der Waals surface area contributed by atoms with Gasteiger partial charge in [0.1, 0.15) is 28.7 Å². The van der Waals surface area contributed by atoms with Crippen molar-refractivity contribution in [1.29, 1.82) is 0 Å². The number of hydrogen-bond donors (Lipinski definition) is 4. The Hall–Kier alpha value is -4.44. The number of nitrogens with one attached hydrogen (secondary N) is 2. The summed E-state index contributed by atoms with van der Waals surface area (Å²) in [4.78, 5) is 18.0. The summed E-state index contributed by atoms with van der Waals surface area (Å²) in [6.07, 6.45) is 4.86. The van der Waals surface area contributed by atoms with Gasteiger partial charge in [0.05, 0.1) is 12.2 Å². The van der Waals surface area contributed by atoms with Crippen LogP contribution in [0.1, 0.15) is 12.8 Å². The number of pyridine rings is 3. The van der Waals surface area contributed by atoms with Crippen LogP contribution in [0.5, 0.6) is 11.6 Å². The third-order valence-electron chi connectivity index (χ3n) is 5.39. The quantitative estimate of drug-likeness (QED) is 0.227. The number of fused-ring (bicyclic) bond motifs is 2. The van der Waals surface area contributed by atoms with Crippen LogP contribution in [0.2, 0.25) is 0 Å². The minimum Gasteiger partial charge on any atom is -0.508 e. The first-order valence-corrected chi connectivity index (χ1v) is 11.2. The van der Waals surface area contributed by atoms with E-state index in [1.54, 1.807) is 43.7 Å². The van der Waals surface area contributed by atoms with E-state index in [4.69, 9.17) is 14.3 Å². The normalized spacial score (nSPS) is 11.1. The maximum Gasteiger partial charge on any atom is 0.229 e. The monoisotopic (exact) mass is 472 g/mol. The Morgan fingerprint density at radius 2 is 1.89 bits per heavy atom. The summed E-state index contributed by atoms with van der Waals surface area (Å²) in [6, 6.07) is 12.1. The summed E-state index contributed by atoms with van der Waals surface area (Å²) in [6.45, 7) is 0.626. The topological polar surface area (TPSA) is 138 Å². The predicted octanol–water partition coefficient (Wildman–Crippen LogP) is 4.48. The van der Waals surface area contributed by atoms with Crippen LogP contribution in [0.4, 0.5) is 17.5 Å². The van der Waals surface area contributed by atoms with E-state index >= 15 is 0 Å². The molecule has 0 amide bonds. The number of hydrogen-bond acceptors (Lipinski definition) is 10. The van der Waals surface area contributed by atoms with Gasteiger partial charge in [0.25, 0.3) is 0 Å². The fourth-order valence-electron chi connectivity index (χ4n) is 3.69. The zero-order valence-corrected chi connectivity index (χ0v) is 19.0. The second kappa shape index (κ2) is 9.82. The number of aromatic nitrogens is 4. The van der Waals surface area contributed by atoms with Gasteiger partial charge in [0.2, 0.25) is 11.8 Å². The highest BCUT2D eigenvalue weighted by molar-refractivity contribution is 6.01. The summed E-state index contributed by atoms with van der Waals surface area (Å²) in [7, 11) is 1.80. The molecule has 5 aromatic rings. The molecule has 4 N–H and O–H groups in total. The molecule has 0 bridgehead atoms. The van der Waals surface area contributed by atoms with Crippen LogP contribution in [0.15, 0.2) is 59.3 Å². The van der Waals surface area contributed by atoms with Crippen molar-refractivity contribution in [2.75, 3.05) is 30.9 Å². The second-order valence-corrected chi connectivity index (χ2v) is 7.82. The van der Waals surface area contributed by atoms with Gasteiger partial charge in [-0.05, 0) is 37.1 Å². The highest BCUT2D eigenvalue weighted by atomic mass is 16.5. The van der Waals surface area contributed by atoms with E-state index in [0.717, 1.165) is 17.2 Å². The summed E-state index contributed by atoms with van der Waals surface area (Å²) in [5, 5.41) is 26.6. The first kappa shape index (κ1) is 22.4. The maximum atomic E-state index is 9.77. The van der Waals surface area contributed by atoms with Crippen LogP contribution in [-0.2, 0) is 0 Å². The molecule has 178 valence electrons. The molecule has 5 rings (SSSR count). The molecule has 0 aliphatic carbocycles. The molecule has 0 radical (unpaired) electrons. The molecule has 0 aliphatic heterocycles. The van der Waals surface area contributed by atoms with Crippen molar-refractivity contribution in [2.24, 2.45) is 0 Å². The van der Waals surface area contributed by atoms with Crippen LogP contribution in [0.3, 0.4) is 0 Å². The molecule has 0 spiro atoms. The van der Waals surface area contributed by atoms with Crippen molar-refractivity contribution >= 4 is 39.3 Å². The molecule has 10 nitrogen and oxygen atoms in total. The Labute approximate surface area is 200 Å². The smallest absolute Gasteiger partial charge is 0.229 e. The minimum absolute atomic E-state index is 0.119. The van der Waals surface area contributed by atoms with Crippen molar-refractivity contribution in [3.8, 4) is 23.1 Å². The van der Waals surface area contributed by atoms with Gasteiger partial charge in [0.15, 0.2) is 5.58 Å². The number of phenolic OH excluding ortho intramolecular Hbond substituents is 1. The van der Waals surface area contributed by atoms with Crippen LogP contribution in [-0.4, -0.2) is 50.4 Å². The number of benzene rings is 1. The molecule has 0 atom stereocenters. The molecule has 0 unspecified atom stereocenters. The molecular formula is C25H24N6O4. The van der Waals surface area contributed by atoms with Crippen molar-refractivity contribution in [2.45, 2.75) is 12.8 Å². The lowest BCUT2D eigenvalue weighted by atomic mass is 10.1. The fraction of sp³-hybridized carbons (Fsp3) is 0.200. The maximum absolute atomic E-state index is 9.77. The van der Waals surface area contributed by atoms with Gasteiger partial charge in [0, 0.05) is 49.0 Å². The van der Waals surface area contributed by atoms with E-state index in [9.17, 15) is 5.11 Å². The van der Waals surface area contributed by atoms with Crippen LogP contribution in [0.25, 0.3) is 33.3 Å². The average Bonchev–Trinajstić information content (AvgIpc) is 3.29. The number of oxazole rings is 1. The molecule has 35 heavy (non-hydrogen) atoms. The largest absolute Gasteiger partial charge is 0.508 e. The van der Waals surface area contributed by atoms with E-state index < -0.39 is 0 Å². The Morgan fingerprint density at radius 1 is 0.971 bits per heavy atom. The van der Waals surface area contributed by atoms with E-state index in [0.29, 0.717) is 58.9 Å². The SMILES string of the molecule is CNc1ncc(-c2nc3cc(O)ccc3o2)c2cc(Nc3cccc(OCCCCO)n3)ncc12. The number of unbranched alkanes of at least 4 members (excludes halogenated alkanes) is 1. The fourth-order valence-corrected chi connectivity index (χ4v) is 3.69. The van der Waals surface area contributed by atoms with Crippen molar-refractivity contribution in [3.63, 3.8) is 0 Å². The summed E-state index contributed by atoms with van der Waals surface area (Å²) in [5.74, 6) is 2.83. The second-order valence-electron chi connectivity index (χ2n) is 7.82. The highest BCUT2D eigenvalue weighted by Crippen LogP contribution is 2.34. The van der Waals surface area contributed by atoms with Gasteiger partial charge in [-0.15, -0.1) is 0 Å². The summed E-state index contributed by atoms with van der Waals surface area (Å²) < 4.78 is 11.6. The van der Waals surface area contributed by atoms with E-state index in [-0.39, 0.29) is 12.4 Å². The summed E-state index contributed by atoms with van der Waals surface area (Å²) in [5.41, 5.74) is 1.81. The lowest BCUT2D eigenvalue weighted by molar-refractivity contribution is 0.249. The third kappa shape index (κ3) is 4.78. The Bertz CT molecular complexity index is 1490. The van der Waals surface area contributed by atoms with Crippen molar-refractivity contribution in [3.05, 3.63) is 54.9 Å². The molecule has 10 heteroatoms. The van der Waals surface area contributed by atoms with E-state index in [1.807, 2.05) is 18.2 Å². The average molecular weight is 473 g/mol. The molecule has 0 aliphatic rings. The van der Waals surface area contributed by atoms with Gasteiger partial charge >= 0.3 is 0 Å². The highest BCUT2D eigenvalue weighted by Gasteiger charge is 2.16. The van der Waals surface area contributed by atoms with Gasteiger partial charge in [-0.3, -0.25) is 0 Å². The number of aliphatic hydroxyl groups excluding tert-OH is 1. The molecule has 4 heterocycles. The van der Waals surface area contributed by atoms with Crippen LogP contribution in [0, 0.1) is 0 Å². The van der Waals surface area contributed by atoms with Crippen LogP contribution < -0.4 is 15.4 Å². The van der Waals surface area contributed by atoms with Gasteiger partial charge in [-0.25, -0.2) is 15.0 Å². The Morgan fingerprint density at radius 3 is 2.74 bits per heavy atom. The van der Waals surface area contributed by atoms with Crippen molar-refractivity contribution < 1.29 is 19.4 Å². The minimum atomic E-state index is 0.119. The van der Waals surface area contributed by atoms with Gasteiger partial charge in [-0.2, -0.15) is 4.98 Å². The first-order valence-electron chi connectivity index (χ1n) is 11.2. The lowest BCUT2D eigenvalue weighted by Crippen LogP contribution is -2.02. The zero-order valence-electron chi connectivity index (χ0n) is 19.0. The molecule has 1 aromatic carbocycles. The molecular weight excluding hydrogens is 448 g/mol. The number of nitrogens with zero attached hydrogens (tertiary/aromatic N) is 4. The number of aliphatic hydroxyl groups is 1. The summed E-state index contributed by atoms with van der Waals surface area (Å²) >= 11 is 0. The lowest BCUT2D eigenvalue weighted by Gasteiger charge is -2.11. The molecule has 0 saturated carbocycles.